The van der Waals surface area contributed by atoms with E-state index in [4.69, 9.17) is 9.47 Å². The van der Waals surface area contributed by atoms with Gasteiger partial charge >= 0.3 is 11.9 Å². The van der Waals surface area contributed by atoms with Gasteiger partial charge in [-0.2, -0.15) is 0 Å². The maximum Gasteiger partial charge on any atom is 0.306 e. The van der Waals surface area contributed by atoms with E-state index in [1.807, 2.05) is 6.92 Å². The van der Waals surface area contributed by atoms with Crippen LogP contribution >= 0.6 is 0 Å². The first-order valence-electron chi connectivity index (χ1n) is 16.2. The van der Waals surface area contributed by atoms with Gasteiger partial charge in [0.1, 0.15) is 0 Å². The van der Waals surface area contributed by atoms with Crippen molar-refractivity contribution in [3.05, 3.63) is 0 Å². The smallest absolute Gasteiger partial charge is 0.306 e. The van der Waals surface area contributed by atoms with Gasteiger partial charge in [0, 0.05) is 19.4 Å². The highest BCUT2D eigenvalue weighted by molar-refractivity contribution is 5.69. The summed E-state index contributed by atoms with van der Waals surface area (Å²) in [7, 11) is 0. The van der Waals surface area contributed by atoms with Crippen LogP contribution in [0.5, 0.6) is 0 Å². The Hall–Kier alpha value is -1.14. The minimum Gasteiger partial charge on any atom is -0.466 e. The van der Waals surface area contributed by atoms with Gasteiger partial charge in [0.15, 0.2) is 0 Å². The predicted molar refractivity (Wildman–Crippen MR) is 158 cm³/mol. The number of carbonyl (C=O) groups is 2. The van der Waals surface area contributed by atoms with Crippen molar-refractivity contribution in [2.24, 2.45) is 0 Å². The Morgan fingerprint density at radius 3 is 1.79 bits per heavy atom. The Kier molecular flexibility index (Phi) is 28.0. The molecule has 0 aromatic heterocycles. The molecule has 1 unspecified atom stereocenters. The lowest BCUT2D eigenvalue weighted by molar-refractivity contribution is -0.148. The number of hydrogen-bond donors (Lipinski definition) is 1. The van der Waals surface area contributed by atoms with Crippen molar-refractivity contribution in [1.29, 1.82) is 0 Å². The molecule has 0 fully saturated rings. The van der Waals surface area contributed by atoms with E-state index in [0.29, 0.717) is 26.0 Å². The Bertz CT molecular complexity index is 528. The van der Waals surface area contributed by atoms with Gasteiger partial charge in [0.2, 0.25) is 0 Å². The third-order valence-electron chi connectivity index (χ3n) is 7.18. The van der Waals surface area contributed by atoms with Crippen molar-refractivity contribution in [2.75, 3.05) is 32.8 Å². The monoisotopic (exact) mass is 541 g/mol. The SMILES string of the molecule is CCCCCCCCC(C)OC(=O)CCCCN(CCO)CCCCCCCCCC(=O)OCCCCC. The topological polar surface area (TPSA) is 76.1 Å². The number of unbranched alkanes of at least 4 members (excludes halogenated alkanes) is 14. The predicted octanol–water partition coefficient (Wildman–Crippen LogP) is 7.99. The van der Waals surface area contributed by atoms with Gasteiger partial charge in [-0.3, -0.25) is 9.59 Å². The molecule has 6 nitrogen and oxygen atoms in total. The van der Waals surface area contributed by atoms with E-state index in [-0.39, 0.29) is 24.6 Å². The molecule has 6 heteroatoms. The third-order valence-corrected chi connectivity index (χ3v) is 7.18. The zero-order chi connectivity index (χ0) is 28.1. The molecule has 0 aromatic rings. The van der Waals surface area contributed by atoms with Crippen LogP contribution in [0.2, 0.25) is 0 Å². The third kappa shape index (κ3) is 26.5. The summed E-state index contributed by atoms with van der Waals surface area (Å²) in [6, 6.07) is 0. The fourth-order valence-corrected chi connectivity index (χ4v) is 4.73. The molecular weight excluding hydrogens is 478 g/mol. The molecule has 0 heterocycles. The summed E-state index contributed by atoms with van der Waals surface area (Å²) in [6.07, 6.45) is 22.6. The number of rotatable bonds is 29. The molecule has 38 heavy (non-hydrogen) atoms. The summed E-state index contributed by atoms with van der Waals surface area (Å²) < 4.78 is 10.8. The molecule has 0 aliphatic rings. The fourth-order valence-electron chi connectivity index (χ4n) is 4.73. The second-order valence-corrected chi connectivity index (χ2v) is 11.0. The zero-order valence-electron chi connectivity index (χ0n) is 25.5. The van der Waals surface area contributed by atoms with E-state index < -0.39 is 0 Å². The van der Waals surface area contributed by atoms with Crippen LogP contribution in [0.25, 0.3) is 0 Å². The lowest BCUT2D eigenvalue weighted by atomic mass is 10.1. The van der Waals surface area contributed by atoms with Crippen LogP contribution in [0.3, 0.4) is 0 Å². The second kappa shape index (κ2) is 28.9. The quantitative estimate of drug-likeness (QED) is 0.0764. The maximum atomic E-state index is 12.1. The summed E-state index contributed by atoms with van der Waals surface area (Å²) in [4.78, 5) is 26.1. The Morgan fingerprint density at radius 1 is 0.632 bits per heavy atom. The van der Waals surface area contributed by atoms with Crippen LogP contribution in [0, 0.1) is 0 Å². The van der Waals surface area contributed by atoms with Gasteiger partial charge in [-0.25, -0.2) is 0 Å². The van der Waals surface area contributed by atoms with Gasteiger partial charge in [-0.15, -0.1) is 0 Å². The summed E-state index contributed by atoms with van der Waals surface area (Å²) >= 11 is 0. The van der Waals surface area contributed by atoms with Crippen molar-refractivity contribution >= 4 is 11.9 Å². The first-order chi connectivity index (χ1) is 18.5. The van der Waals surface area contributed by atoms with Crippen LogP contribution in [-0.2, 0) is 19.1 Å². The highest BCUT2D eigenvalue weighted by Crippen LogP contribution is 2.13. The number of carbonyl (C=O) groups excluding carboxylic acids is 2. The molecule has 1 atom stereocenters. The summed E-state index contributed by atoms with van der Waals surface area (Å²) in [5.41, 5.74) is 0. The molecule has 0 bridgehead atoms. The minimum atomic E-state index is -0.0685. The summed E-state index contributed by atoms with van der Waals surface area (Å²) in [5, 5.41) is 9.40. The Morgan fingerprint density at radius 2 is 1.13 bits per heavy atom. The highest BCUT2D eigenvalue weighted by atomic mass is 16.5. The fraction of sp³-hybridized carbons (Fsp3) is 0.938. The van der Waals surface area contributed by atoms with Gasteiger partial charge in [0.05, 0.1) is 19.3 Å². The highest BCUT2D eigenvalue weighted by Gasteiger charge is 2.10. The molecular formula is C32H63NO5. The lowest BCUT2D eigenvalue weighted by Crippen LogP contribution is -2.29. The molecule has 0 spiro atoms. The normalized spacial score (nSPS) is 12.1. The van der Waals surface area contributed by atoms with Gasteiger partial charge in [0.25, 0.3) is 0 Å². The maximum absolute atomic E-state index is 12.1. The van der Waals surface area contributed by atoms with E-state index in [9.17, 15) is 14.7 Å². The van der Waals surface area contributed by atoms with Crippen molar-refractivity contribution in [1.82, 2.24) is 4.90 Å². The van der Waals surface area contributed by atoms with Crippen molar-refractivity contribution in [3.63, 3.8) is 0 Å². The number of ether oxygens (including phenoxy) is 2. The molecule has 1 N–H and O–H groups in total. The van der Waals surface area contributed by atoms with E-state index in [0.717, 1.165) is 77.3 Å². The zero-order valence-corrected chi connectivity index (χ0v) is 25.5. The van der Waals surface area contributed by atoms with Crippen molar-refractivity contribution in [2.45, 2.75) is 162 Å². The largest absolute Gasteiger partial charge is 0.466 e. The number of aliphatic hydroxyl groups excluding tert-OH is 1. The second-order valence-electron chi connectivity index (χ2n) is 11.0. The van der Waals surface area contributed by atoms with Crippen LogP contribution in [0.15, 0.2) is 0 Å². The van der Waals surface area contributed by atoms with Crippen LogP contribution in [0.4, 0.5) is 0 Å². The average Bonchev–Trinajstić information content (AvgIpc) is 2.90. The van der Waals surface area contributed by atoms with Gasteiger partial charge < -0.3 is 19.5 Å². The molecule has 226 valence electrons. The molecule has 0 saturated carbocycles. The van der Waals surface area contributed by atoms with Crippen molar-refractivity contribution in [3.8, 4) is 0 Å². The van der Waals surface area contributed by atoms with E-state index in [1.54, 1.807) is 0 Å². The molecule has 0 amide bonds. The molecule has 0 saturated heterocycles. The molecule has 0 aromatic carbocycles. The number of hydrogen-bond acceptors (Lipinski definition) is 6. The van der Waals surface area contributed by atoms with Gasteiger partial charge in [-0.05, 0) is 65.0 Å². The van der Waals surface area contributed by atoms with Gasteiger partial charge in [-0.1, -0.05) is 90.9 Å². The standard InChI is InChI=1S/C32H63NO5/c1-4-6-8-9-13-16-22-30(3)38-32(36)24-18-20-26-33(27-28-34)25-19-15-12-10-11-14-17-23-31(35)37-29-21-7-5-2/h30,34H,4-29H2,1-3H3. The number of aliphatic hydroxyl groups is 1. The molecule has 0 radical (unpaired) electrons. The lowest BCUT2D eigenvalue weighted by Gasteiger charge is -2.21. The molecule has 0 aliphatic heterocycles. The minimum absolute atomic E-state index is 0.0244. The summed E-state index contributed by atoms with van der Waals surface area (Å²) in [6.45, 7) is 9.78. The first-order valence-corrected chi connectivity index (χ1v) is 16.2. The van der Waals surface area contributed by atoms with E-state index in [2.05, 4.69) is 18.7 Å². The van der Waals surface area contributed by atoms with Crippen LogP contribution < -0.4 is 0 Å². The van der Waals surface area contributed by atoms with Crippen LogP contribution in [-0.4, -0.2) is 60.9 Å². The van der Waals surface area contributed by atoms with Crippen molar-refractivity contribution < 1.29 is 24.2 Å². The number of esters is 2. The number of nitrogens with zero attached hydrogens (tertiary/aromatic N) is 1. The Balaban J connectivity index is 3.67. The average molecular weight is 542 g/mol. The molecule has 0 rings (SSSR count). The molecule has 0 aliphatic carbocycles. The van der Waals surface area contributed by atoms with Crippen LogP contribution in [0.1, 0.15) is 156 Å². The van der Waals surface area contributed by atoms with E-state index >= 15 is 0 Å². The first kappa shape index (κ1) is 36.9. The Labute approximate surface area is 235 Å². The summed E-state index contributed by atoms with van der Waals surface area (Å²) in [5.74, 6) is -0.110. The van der Waals surface area contributed by atoms with E-state index in [1.165, 1.54) is 57.8 Å².